The molecule has 2 heterocycles. The molecule has 0 fully saturated rings. The van der Waals surface area contributed by atoms with E-state index in [1.165, 1.54) is 43.1 Å². The highest BCUT2D eigenvalue weighted by molar-refractivity contribution is 7.09. The Morgan fingerprint density at radius 1 is 0.562 bits per heavy atom. The van der Waals surface area contributed by atoms with Crippen LogP contribution in [0.5, 0.6) is 0 Å². The third-order valence-corrected chi connectivity index (χ3v) is 14.5. The number of hydrogen-bond donors (Lipinski definition) is 0. The van der Waals surface area contributed by atoms with Crippen LogP contribution in [-0.4, -0.2) is 17.6 Å². The fraction of sp³-hybridized carbons (Fsp3) is 0.0444. The standard InChI is InChI=1S/C45H32N2Si/c1-4-16-33(17-5-1)48(34-18-6-2-7-19-34,35-20-8-3-9-21-35)31-29-38-36-22-10-12-25-41(36)45(42-26-13-11-23-37(38)42)47-43-27-15-14-24-39(43)40-28-30-46-32-44(40)47/h1-20,22-28,30,32,35H,21H2. The third-order valence-electron chi connectivity index (χ3n) is 9.98. The van der Waals surface area contributed by atoms with E-state index in [1.54, 1.807) is 0 Å². The zero-order valence-corrected chi connectivity index (χ0v) is 27.4. The normalized spacial score (nSPS) is 14.5. The van der Waals surface area contributed by atoms with Crippen LogP contribution in [0.2, 0.25) is 5.54 Å². The molecule has 2 aromatic heterocycles. The first-order valence-corrected chi connectivity index (χ1v) is 18.7. The molecule has 1 atom stereocenters. The maximum atomic E-state index is 4.58. The van der Waals surface area contributed by atoms with Crippen LogP contribution in [0.1, 0.15) is 12.0 Å². The minimum atomic E-state index is -2.66. The SMILES string of the molecule is C(#C[Si](c1ccccc1)(c1ccccc1)C1C=CC=CC1)c1c2ccccc2c(-n2c3ccccc3c3ccncc32)c2ccccc12. The second-order valence-corrected chi connectivity index (χ2v) is 16.3. The van der Waals surface area contributed by atoms with Crippen molar-refractivity contribution >= 4 is 61.8 Å². The van der Waals surface area contributed by atoms with E-state index < -0.39 is 8.07 Å². The summed E-state index contributed by atoms with van der Waals surface area (Å²) in [6, 6.07) is 50.5. The molecule has 1 aliphatic carbocycles. The number of nitrogens with zero attached hydrogens (tertiary/aromatic N) is 2. The lowest BCUT2D eigenvalue weighted by molar-refractivity contribution is 0.999. The first-order chi connectivity index (χ1) is 23.8. The topological polar surface area (TPSA) is 17.8 Å². The van der Waals surface area contributed by atoms with Crippen molar-refractivity contribution in [2.24, 2.45) is 0 Å². The quantitative estimate of drug-likeness (QED) is 0.108. The Morgan fingerprint density at radius 3 is 1.75 bits per heavy atom. The predicted octanol–water partition coefficient (Wildman–Crippen LogP) is 9.53. The molecule has 6 aromatic carbocycles. The number of fused-ring (bicyclic) bond motifs is 5. The zero-order chi connectivity index (χ0) is 31.9. The molecule has 48 heavy (non-hydrogen) atoms. The fourth-order valence-corrected chi connectivity index (χ4v) is 12.1. The van der Waals surface area contributed by atoms with E-state index in [0.29, 0.717) is 5.54 Å². The molecular weight excluding hydrogens is 597 g/mol. The highest BCUT2D eigenvalue weighted by Crippen LogP contribution is 2.40. The summed E-state index contributed by atoms with van der Waals surface area (Å²) >= 11 is 0. The molecule has 0 aliphatic heterocycles. The summed E-state index contributed by atoms with van der Waals surface area (Å²) in [7, 11) is -2.66. The lowest BCUT2D eigenvalue weighted by atomic mass is 9.95. The van der Waals surface area contributed by atoms with Gasteiger partial charge in [0.25, 0.3) is 0 Å². The van der Waals surface area contributed by atoms with Crippen LogP contribution in [0.15, 0.2) is 176 Å². The molecule has 9 rings (SSSR count). The van der Waals surface area contributed by atoms with Crippen molar-refractivity contribution in [3.05, 3.63) is 182 Å². The molecule has 1 unspecified atom stereocenters. The van der Waals surface area contributed by atoms with Gasteiger partial charge in [-0.25, -0.2) is 0 Å². The lowest BCUT2D eigenvalue weighted by Gasteiger charge is -2.34. The van der Waals surface area contributed by atoms with Gasteiger partial charge in [0.05, 0.1) is 22.9 Å². The first-order valence-electron chi connectivity index (χ1n) is 16.6. The van der Waals surface area contributed by atoms with Crippen LogP contribution in [0.25, 0.3) is 49.0 Å². The molecule has 8 aromatic rings. The van der Waals surface area contributed by atoms with Crippen molar-refractivity contribution in [3.63, 3.8) is 0 Å². The number of aromatic nitrogens is 2. The molecule has 0 N–H and O–H groups in total. The maximum Gasteiger partial charge on any atom is 0.206 e. The van der Waals surface area contributed by atoms with Gasteiger partial charge < -0.3 is 4.57 Å². The van der Waals surface area contributed by atoms with Crippen molar-refractivity contribution in [3.8, 4) is 17.2 Å². The van der Waals surface area contributed by atoms with E-state index in [9.17, 15) is 0 Å². The van der Waals surface area contributed by atoms with Crippen LogP contribution in [0.4, 0.5) is 0 Å². The summed E-state index contributed by atoms with van der Waals surface area (Å²) < 4.78 is 2.41. The molecule has 0 saturated heterocycles. The Balaban J connectivity index is 1.39. The van der Waals surface area contributed by atoms with Gasteiger partial charge in [-0.05, 0) is 34.5 Å². The summed E-state index contributed by atoms with van der Waals surface area (Å²) in [6.07, 6.45) is 14.0. The Bertz CT molecular complexity index is 2450. The summed E-state index contributed by atoms with van der Waals surface area (Å²) in [5.74, 6) is 3.94. The van der Waals surface area contributed by atoms with Crippen molar-refractivity contribution in [2.45, 2.75) is 12.0 Å². The smallest absolute Gasteiger partial charge is 0.206 e. The molecule has 0 radical (unpaired) electrons. The van der Waals surface area contributed by atoms with Crippen molar-refractivity contribution in [1.82, 2.24) is 9.55 Å². The molecule has 0 amide bonds. The van der Waals surface area contributed by atoms with Gasteiger partial charge >= 0.3 is 0 Å². The van der Waals surface area contributed by atoms with E-state index in [1.807, 2.05) is 12.4 Å². The summed E-state index contributed by atoms with van der Waals surface area (Å²) in [4.78, 5) is 4.58. The fourth-order valence-electron chi connectivity index (χ4n) is 7.84. The number of pyridine rings is 1. The Morgan fingerprint density at radius 2 is 1.12 bits per heavy atom. The van der Waals surface area contributed by atoms with E-state index in [2.05, 4.69) is 185 Å². The number of allylic oxidation sites excluding steroid dienone is 4. The van der Waals surface area contributed by atoms with Gasteiger partial charge in [-0.1, -0.05) is 158 Å². The van der Waals surface area contributed by atoms with Crippen molar-refractivity contribution in [1.29, 1.82) is 0 Å². The van der Waals surface area contributed by atoms with Crippen molar-refractivity contribution < 1.29 is 0 Å². The number of benzene rings is 6. The number of para-hydroxylation sites is 1. The van der Waals surface area contributed by atoms with E-state index >= 15 is 0 Å². The molecule has 1 aliphatic rings. The van der Waals surface area contributed by atoms with Crippen LogP contribution < -0.4 is 10.4 Å². The predicted molar refractivity (Wildman–Crippen MR) is 205 cm³/mol. The van der Waals surface area contributed by atoms with Gasteiger partial charge in [-0.15, -0.1) is 5.54 Å². The van der Waals surface area contributed by atoms with Gasteiger partial charge in [0.2, 0.25) is 8.07 Å². The van der Waals surface area contributed by atoms with Gasteiger partial charge in [0.1, 0.15) is 0 Å². The van der Waals surface area contributed by atoms with E-state index in [0.717, 1.165) is 28.3 Å². The molecule has 0 spiro atoms. The average Bonchev–Trinajstić information content (AvgIpc) is 3.50. The number of rotatable bonds is 4. The van der Waals surface area contributed by atoms with Gasteiger partial charge in [0.15, 0.2) is 0 Å². The minimum Gasteiger partial charge on any atom is -0.306 e. The zero-order valence-electron chi connectivity index (χ0n) is 26.4. The maximum absolute atomic E-state index is 4.58. The van der Waals surface area contributed by atoms with Crippen LogP contribution in [0.3, 0.4) is 0 Å². The van der Waals surface area contributed by atoms with E-state index in [-0.39, 0.29) is 0 Å². The lowest BCUT2D eigenvalue weighted by Crippen LogP contribution is -2.60. The monoisotopic (exact) mass is 628 g/mol. The molecule has 3 heteroatoms. The largest absolute Gasteiger partial charge is 0.306 e. The third kappa shape index (κ3) is 4.38. The Kier molecular flexibility index (Phi) is 6.89. The van der Waals surface area contributed by atoms with Crippen LogP contribution in [-0.2, 0) is 0 Å². The van der Waals surface area contributed by atoms with Crippen LogP contribution >= 0.6 is 0 Å². The Labute approximate surface area is 281 Å². The second kappa shape index (κ2) is 11.7. The molecule has 226 valence electrons. The number of hydrogen-bond acceptors (Lipinski definition) is 1. The molecule has 0 saturated carbocycles. The van der Waals surface area contributed by atoms with Gasteiger partial charge in [-0.3, -0.25) is 4.98 Å². The first kappa shape index (κ1) is 28.3. The van der Waals surface area contributed by atoms with Crippen LogP contribution in [0, 0.1) is 11.5 Å². The molecular formula is C45H32N2Si. The summed E-state index contributed by atoms with van der Waals surface area (Å²) in [6.45, 7) is 0. The second-order valence-electron chi connectivity index (χ2n) is 12.5. The van der Waals surface area contributed by atoms with E-state index in [4.69, 9.17) is 0 Å². The summed E-state index contributed by atoms with van der Waals surface area (Å²) in [5.41, 5.74) is 8.97. The average molecular weight is 629 g/mol. The summed E-state index contributed by atoms with van der Waals surface area (Å²) in [5, 5.41) is 9.80. The highest BCUT2D eigenvalue weighted by Gasteiger charge is 2.42. The minimum absolute atomic E-state index is 0.307. The van der Waals surface area contributed by atoms with Gasteiger partial charge in [0, 0.05) is 44.1 Å². The Hall–Kier alpha value is -5.95. The van der Waals surface area contributed by atoms with Gasteiger partial charge in [-0.2, -0.15) is 0 Å². The van der Waals surface area contributed by atoms with Crippen molar-refractivity contribution in [2.75, 3.05) is 0 Å². The highest BCUT2D eigenvalue weighted by atomic mass is 28.3. The molecule has 0 bridgehead atoms. The molecule has 2 nitrogen and oxygen atoms in total.